The van der Waals surface area contributed by atoms with Crippen molar-refractivity contribution in [1.82, 2.24) is 19.9 Å². The van der Waals surface area contributed by atoms with Crippen molar-refractivity contribution in [3.63, 3.8) is 0 Å². The third kappa shape index (κ3) is 5.23. The van der Waals surface area contributed by atoms with Crippen LogP contribution >= 0.6 is 11.6 Å². The number of primary amides is 1. The number of halogens is 4. The van der Waals surface area contributed by atoms with Gasteiger partial charge in [-0.2, -0.15) is 13.2 Å². The minimum Gasteiger partial charge on any atom is -0.366 e. The summed E-state index contributed by atoms with van der Waals surface area (Å²) in [5.74, 6) is -0.668. The molecular weight excluding hydrogens is 529 g/mol. The number of hydrogen-bond donors (Lipinski definition) is 2. The van der Waals surface area contributed by atoms with Crippen molar-refractivity contribution in [3.8, 4) is 22.4 Å². The number of nitrogens with zero attached hydrogens (tertiary/aromatic N) is 4. The summed E-state index contributed by atoms with van der Waals surface area (Å²) in [6.07, 6.45) is -1.47. The maximum atomic E-state index is 13.9. The zero-order valence-corrected chi connectivity index (χ0v) is 21.4. The maximum Gasteiger partial charge on any atom is 0.417 e. The number of carbonyl (C=O) groups is 1. The number of hydrogen-bond acceptors (Lipinski definition) is 6. The summed E-state index contributed by atoms with van der Waals surface area (Å²) >= 11 is 6.52. The number of fused-ring (bicyclic) bond motifs is 1. The number of amides is 1. The average Bonchev–Trinajstić information content (AvgIpc) is 2.89. The molecule has 0 spiro atoms. The van der Waals surface area contributed by atoms with E-state index in [0.717, 1.165) is 23.4 Å². The number of nitrogens with one attached hydrogen (secondary N) is 1. The Morgan fingerprint density at radius 3 is 2.46 bits per heavy atom. The van der Waals surface area contributed by atoms with Gasteiger partial charge in [0.2, 0.25) is 11.9 Å². The van der Waals surface area contributed by atoms with Gasteiger partial charge >= 0.3 is 6.18 Å². The third-order valence-electron chi connectivity index (χ3n) is 6.13. The Hall–Kier alpha value is -4.57. The molecule has 5 aromatic rings. The highest BCUT2D eigenvalue weighted by Gasteiger charge is 2.35. The number of alkyl halides is 3. The summed E-state index contributed by atoms with van der Waals surface area (Å²) in [6, 6.07) is 13.4. The van der Waals surface area contributed by atoms with E-state index in [9.17, 15) is 18.0 Å². The van der Waals surface area contributed by atoms with Gasteiger partial charge in [0.15, 0.2) is 5.15 Å². The fourth-order valence-corrected chi connectivity index (χ4v) is 4.47. The first kappa shape index (κ1) is 26.1. The fourth-order valence-electron chi connectivity index (χ4n) is 4.23. The fraction of sp³-hybridized carbons (Fsp3) is 0.107. The molecule has 0 radical (unpaired) electrons. The Bertz CT molecular complexity index is 1740. The van der Waals surface area contributed by atoms with Crippen LogP contribution in [0.1, 0.15) is 27.2 Å². The summed E-state index contributed by atoms with van der Waals surface area (Å²) in [6.45, 7) is 3.67. The number of carbonyl (C=O) groups excluding carboxylic acids is 1. The topological polar surface area (TPSA) is 107 Å². The summed E-state index contributed by atoms with van der Waals surface area (Å²) in [5.41, 5.74) is 7.73. The van der Waals surface area contributed by atoms with Crippen molar-refractivity contribution in [2.75, 3.05) is 5.32 Å². The van der Waals surface area contributed by atoms with Gasteiger partial charge in [0.25, 0.3) is 0 Å². The number of aromatic nitrogens is 4. The Morgan fingerprint density at radius 1 is 0.974 bits per heavy atom. The minimum absolute atomic E-state index is 0.0910. The highest BCUT2D eigenvalue weighted by atomic mass is 35.5. The minimum atomic E-state index is -4.70. The number of nitrogens with two attached hydrogens (primary N) is 1. The molecule has 0 aliphatic heterocycles. The van der Waals surface area contributed by atoms with Crippen LogP contribution in [0.5, 0.6) is 0 Å². The van der Waals surface area contributed by atoms with Crippen molar-refractivity contribution >= 4 is 40.0 Å². The second kappa shape index (κ2) is 9.95. The zero-order valence-electron chi connectivity index (χ0n) is 20.6. The molecule has 0 fully saturated rings. The first-order valence-corrected chi connectivity index (χ1v) is 12.0. The lowest BCUT2D eigenvalue weighted by molar-refractivity contribution is -0.137. The largest absolute Gasteiger partial charge is 0.417 e. The molecule has 0 saturated heterocycles. The van der Waals surface area contributed by atoms with E-state index in [1.165, 1.54) is 18.2 Å². The molecule has 2 aromatic carbocycles. The van der Waals surface area contributed by atoms with Gasteiger partial charge in [0.1, 0.15) is 5.52 Å². The molecule has 5 rings (SSSR count). The second-order valence-electron chi connectivity index (χ2n) is 8.86. The predicted molar refractivity (Wildman–Crippen MR) is 144 cm³/mol. The van der Waals surface area contributed by atoms with E-state index in [1.54, 1.807) is 31.5 Å². The molecule has 0 aliphatic carbocycles. The first-order valence-electron chi connectivity index (χ1n) is 11.7. The van der Waals surface area contributed by atoms with Crippen LogP contribution in [0, 0.1) is 13.8 Å². The van der Waals surface area contributed by atoms with E-state index in [4.69, 9.17) is 17.3 Å². The van der Waals surface area contributed by atoms with Crippen molar-refractivity contribution in [3.05, 3.63) is 94.5 Å². The van der Waals surface area contributed by atoms with Crippen LogP contribution in [0.2, 0.25) is 5.15 Å². The van der Waals surface area contributed by atoms with Crippen LogP contribution in [-0.4, -0.2) is 25.8 Å². The van der Waals surface area contributed by atoms with Crippen LogP contribution in [0.4, 0.5) is 24.8 Å². The molecule has 7 nitrogen and oxygen atoms in total. The van der Waals surface area contributed by atoms with E-state index in [0.29, 0.717) is 33.8 Å². The average molecular weight is 549 g/mol. The van der Waals surface area contributed by atoms with Crippen LogP contribution in [0.15, 0.2) is 67.0 Å². The highest BCUT2D eigenvalue weighted by molar-refractivity contribution is 6.34. The second-order valence-corrected chi connectivity index (χ2v) is 9.22. The number of anilines is 2. The Labute approximate surface area is 225 Å². The van der Waals surface area contributed by atoms with E-state index in [2.05, 4.69) is 25.3 Å². The van der Waals surface area contributed by atoms with E-state index < -0.39 is 17.6 Å². The van der Waals surface area contributed by atoms with E-state index >= 15 is 0 Å². The van der Waals surface area contributed by atoms with Crippen LogP contribution in [0.3, 0.4) is 0 Å². The number of rotatable bonds is 5. The smallest absolute Gasteiger partial charge is 0.366 e. The number of benzene rings is 2. The lowest BCUT2D eigenvalue weighted by Gasteiger charge is -2.17. The van der Waals surface area contributed by atoms with Gasteiger partial charge in [0, 0.05) is 34.0 Å². The Kier molecular flexibility index (Phi) is 6.65. The molecular formula is C28H20ClF3N6O. The van der Waals surface area contributed by atoms with Crippen LogP contribution < -0.4 is 11.1 Å². The van der Waals surface area contributed by atoms with Gasteiger partial charge < -0.3 is 11.1 Å². The summed E-state index contributed by atoms with van der Waals surface area (Å²) < 4.78 is 41.7. The number of aryl methyl sites for hydroxylation is 2. The van der Waals surface area contributed by atoms with Crippen LogP contribution in [0.25, 0.3) is 33.3 Å². The molecule has 1 amide bonds. The highest BCUT2D eigenvalue weighted by Crippen LogP contribution is 2.41. The van der Waals surface area contributed by atoms with E-state index in [1.807, 2.05) is 19.1 Å². The van der Waals surface area contributed by atoms with Crippen molar-refractivity contribution in [2.45, 2.75) is 20.0 Å². The van der Waals surface area contributed by atoms with Crippen molar-refractivity contribution in [1.29, 1.82) is 0 Å². The zero-order chi connectivity index (χ0) is 27.9. The number of pyridine rings is 2. The lowest BCUT2D eigenvalue weighted by Crippen LogP contribution is -2.16. The van der Waals surface area contributed by atoms with Crippen molar-refractivity contribution < 1.29 is 18.0 Å². The van der Waals surface area contributed by atoms with Crippen LogP contribution in [-0.2, 0) is 6.18 Å². The van der Waals surface area contributed by atoms with Gasteiger partial charge in [-0.25, -0.2) is 15.0 Å². The summed E-state index contributed by atoms with van der Waals surface area (Å²) in [5, 5.41) is 3.73. The van der Waals surface area contributed by atoms with Gasteiger partial charge in [-0.05, 0) is 61.4 Å². The van der Waals surface area contributed by atoms with Crippen molar-refractivity contribution in [2.24, 2.45) is 5.73 Å². The lowest BCUT2D eigenvalue weighted by atomic mass is 9.90. The quantitative estimate of drug-likeness (QED) is 0.232. The molecule has 0 bridgehead atoms. The molecule has 3 heterocycles. The third-order valence-corrected chi connectivity index (χ3v) is 6.39. The Morgan fingerprint density at radius 2 is 1.77 bits per heavy atom. The van der Waals surface area contributed by atoms with Gasteiger partial charge in [-0.1, -0.05) is 29.8 Å². The summed E-state index contributed by atoms with van der Waals surface area (Å²) in [7, 11) is 0. The molecule has 196 valence electrons. The molecule has 0 atom stereocenters. The molecule has 0 unspecified atom stereocenters. The molecule has 0 saturated carbocycles. The first-order chi connectivity index (χ1) is 18.5. The molecule has 39 heavy (non-hydrogen) atoms. The monoisotopic (exact) mass is 548 g/mol. The van der Waals surface area contributed by atoms with E-state index in [-0.39, 0.29) is 21.8 Å². The Balaban J connectivity index is 1.60. The molecule has 0 aliphatic rings. The molecule has 3 aromatic heterocycles. The van der Waals surface area contributed by atoms with Gasteiger partial charge in [-0.15, -0.1) is 0 Å². The molecule has 3 N–H and O–H groups in total. The normalized spacial score (nSPS) is 11.5. The van der Waals surface area contributed by atoms with Gasteiger partial charge in [0.05, 0.1) is 23.1 Å². The molecule has 11 heteroatoms. The maximum absolute atomic E-state index is 13.9. The SMILES string of the molecule is Cc1ccc(Nc2ncc3cc(-c4cc(-c5c(C(N)=O)cccc5C(F)(F)F)ccc4C)nc(Cl)c3n2)cn1. The predicted octanol–water partition coefficient (Wildman–Crippen LogP) is 6.89. The standard InChI is InChI=1S/C28H20ClF3N6O/c1-14-6-8-16(23-19(26(33)39)4-3-5-21(23)28(30,31)32)10-20(14)22-11-17-12-35-27(38-24(17)25(29)37-22)36-18-9-7-15(2)34-13-18/h3-13H,1-2H3,(H2,33,39)(H,35,36,38). The van der Waals surface area contributed by atoms with Gasteiger partial charge in [-0.3, -0.25) is 9.78 Å². The summed E-state index contributed by atoms with van der Waals surface area (Å²) in [4.78, 5) is 29.6.